The lowest BCUT2D eigenvalue weighted by Crippen LogP contribution is -2.30. The van der Waals surface area contributed by atoms with Gasteiger partial charge >= 0.3 is 17.9 Å². The molecule has 1 unspecified atom stereocenters. The molecule has 6 heteroatoms. The fourth-order valence-electron chi connectivity index (χ4n) is 10.1. The standard InChI is InChI=1S/C76H132O6/c1-4-7-10-13-16-19-22-25-28-30-32-33-34-35-36-37-38-39-40-41-42-43-45-46-48-51-54-57-60-63-66-69-75(78)81-72-73(71-80-74(77)68-65-62-59-56-53-50-27-24-21-18-15-12-9-6-3)82-76(79)70-67-64-61-58-55-52-49-47-44-31-29-26-23-20-17-14-11-8-5-2/h8,11,15,17-18,20,24,26-27,29,44,47,52,55,61,64,73H,4-7,9-10,12-14,16,19,21-23,25,28,30-43,45-46,48-51,53-54,56-60,62-63,65-72H2,1-3H3/b11-8-,18-15-,20-17-,27-24-,29-26-,47-44-,55-52-,64-61-. The van der Waals surface area contributed by atoms with Crippen molar-refractivity contribution in [3.8, 4) is 0 Å². The van der Waals surface area contributed by atoms with E-state index in [-0.39, 0.29) is 31.6 Å². The first-order valence-corrected chi connectivity index (χ1v) is 35.2. The average molecular weight is 1140 g/mol. The van der Waals surface area contributed by atoms with Crippen LogP contribution in [-0.4, -0.2) is 37.2 Å². The molecule has 0 amide bonds. The summed E-state index contributed by atoms with van der Waals surface area (Å²) in [6.07, 6.45) is 94.7. The number of hydrogen-bond acceptors (Lipinski definition) is 6. The van der Waals surface area contributed by atoms with Crippen molar-refractivity contribution >= 4 is 17.9 Å². The van der Waals surface area contributed by atoms with Crippen molar-refractivity contribution in [2.75, 3.05) is 13.2 Å². The summed E-state index contributed by atoms with van der Waals surface area (Å²) in [5, 5.41) is 0. The molecule has 0 aliphatic rings. The molecule has 6 nitrogen and oxygen atoms in total. The lowest BCUT2D eigenvalue weighted by atomic mass is 10.0. The highest BCUT2D eigenvalue weighted by molar-refractivity contribution is 5.71. The maximum atomic E-state index is 12.9. The molecule has 0 aliphatic carbocycles. The molecule has 0 saturated carbocycles. The van der Waals surface area contributed by atoms with E-state index in [9.17, 15) is 14.4 Å². The van der Waals surface area contributed by atoms with Crippen LogP contribution in [0.25, 0.3) is 0 Å². The fraction of sp³-hybridized carbons (Fsp3) is 0.750. The highest BCUT2D eigenvalue weighted by Gasteiger charge is 2.19. The Morgan fingerprint density at radius 3 is 0.829 bits per heavy atom. The number of ether oxygens (including phenoxy) is 3. The van der Waals surface area contributed by atoms with Gasteiger partial charge in [-0.15, -0.1) is 0 Å². The number of rotatable bonds is 64. The Labute approximate surface area is 508 Å². The molecular formula is C76H132O6. The molecule has 82 heavy (non-hydrogen) atoms. The zero-order valence-corrected chi connectivity index (χ0v) is 54.2. The molecule has 0 aromatic heterocycles. The van der Waals surface area contributed by atoms with Crippen molar-refractivity contribution in [1.82, 2.24) is 0 Å². The van der Waals surface area contributed by atoms with E-state index in [1.165, 1.54) is 199 Å². The Morgan fingerprint density at radius 1 is 0.256 bits per heavy atom. The van der Waals surface area contributed by atoms with Crippen LogP contribution >= 0.6 is 0 Å². The van der Waals surface area contributed by atoms with Gasteiger partial charge in [-0.25, -0.2) is 0 Å². The minimum Gasteiger partial charge on any atom is -0.462 e. The molecule has 0 aromatic rings. The van der Waals surface area contributed by atoms with Gasteiger partial charge in [0.1, 0.15) is 13.2 Å². The van der Waals surface area contributed by atoms with E-state index in [2.05, 4.69) is 112 Å². The normalized spacial score (nSPS) is 12.7. The van der Waals surface area contributed by atoms with E-state index in [1.807, 2.05) is 6.08 Å². The number of carbonyl (C=O) groups excluding carboxylic acids is 3. The van der Waals surface area contributed by atoms with Gasteiger partial charge in [0, 0.05) is 19.3 Å². The maximum absolute atomic E-state index is 12.9. The van der Waals surface area contributed by atoms with Crippen molar-refractivity contribution < 1.29 is 28.6 Å². The van der Waals surface area contributed by atoms with Crippen molar-refractivity contribution in [2.24, 2.45) is 0 Å². The molecule has 472 valence electrons. The van der Waals surface area contributed by atoms with Crippen LogP contribution in [0.4, 0.5) is 0 Å². The third kappa shape index (κ3) is 67.1. The summed E-state index contributed by atoms with van der Waals surface area (Å²) in [5.41, 5.74) is 0. The summed E-state index contributed by atoms with van der Waals surface area (Å²) in [4.78, 5) is 38.3. The number of allylic oxidation sites excluding steroid dienone is 16. The van der Waals surface area contributed by atoms with Crippen LogP contribution in [0, 0.1) is 0 Å². The molecule has 0 radical (unpaired) electrons. The van der Waals surface area contributed by atoms with Crippen LogP contribution in [0.3, 0.4) is 0 Å². The van der Waals surface area contributed by atoms with Crippen molar-refractivity contribution in [3.05, 3.63) is 97.2 Å². The van der Waals surface area contributed by atoms with Gasteiger partial charge in [0.25, 0.3) is 0 Å². The van der Waals surface area contributed by atoms with Gasteiger partial charge in [-0.05, 0) is 83.5 Å². The summed E-state index contributed by atoms with van der Waals surface area (Å²) in [5.74, 6) is -0.997. The van der Waals surface area contributed by atoms with Crippen LogP contribution in [0.5, 0.6) is 0 Å². The average Bonchev–Trinajstić information content (AvgIpc) is 3.47. The molecule has 0 spiro atoms. The summed E-state index contributed by atoms with van der Waals surface area (Å²) in [6, 6.07) is 0. The predicted molar refractivity (Wildman–Crippen MR) is 357 cm³/mol. The second-order valence-corrected chi connectivity index (χ2v) is 23.4. The predicted octanol–water partition coefficient (Wildman–Crippen LogP) is 24.4. The smallest absolute Gasteiger partial charge is 0.306 e. The van der Waals surface area contributed by atoms with Gasteiger partial charge in [0.05, 0.1) is 0 Å². The second-order valence-electron chi connectivity index (χ2n) is 23.4. The second kappa shape index (κ2) is 69.8. The van der Waals surface area contributed by atoms with Crippen molar-refractivity contribution in [1.29, 1.82) is 0 Å². The highest BCUT2D eigenvalue weighted by atomic mass is 16.6. The third-order valence-corrected chi connectivity index (χ3v) is 15.3. The Kier molecular flexibility index (Phi) is 66.7. The first kappa shape index (κ1) is 78.3. The van der Waals surface area contributed by atoms with Crippen molar-refractivity contribution in [2.45, 2.75) is 354 Å². The summed E-state index contributed by atoms with van der Waals surface area (Å²) in [6.45, 7) is 6.45. The lowest BCUT2D eigenvalue weighted by Gasteiger charge is -2.18. The van der Waals surface area contributed by atoms with Crippen LogP contribution in [0.15, 0.2) is 97.2 Å². The van der Waals surface area contributed by atoms with E-state index < -0.39 is 12.1 Å². The molecule has 0 heterocycles. The molecule has 0 rings (SSSR count). The molecule has 0 bridgehead atoms. The van der Waals surface area contributed by atoms with Gasteiger partial charge in [0.15, 0.2) is 6.10 Å². The van der Waals surface area contributed by atoms with E-state index in [0.29, 0.717) is 19.3 Å². The number of hydrogen-bond donors (Lipinski definition) is 0. The highest BCUT2D eigenvalue weighted by Crippen LogP contribution is 2.18. The molecule has 0 N–H and O–H groups in total. The van der Waals surface area contributed by atoms with E-state index >= 15 is 0 Å². The number of carbonyl (C=O) groups is 3. The van der Waals surface area contributed by atoms with Crippen LogP contribution < -0.4 is 0 Å². The fourth-order valence-corrected chi connectivity index (χ4v) is 10.1. The monoisotopic (exact) mass is 1140 g/mol. The van der Waals surface area contributed by atoms with Crippen LogP contribution in [0.1, 0.15) is 348 Å². The largest absolute Gasteiger partial charge is 0.462 e. The van der Waals surface area contributed by atoms with Crippen molar-refractivity contribution in [3.63, 3.8) is 0 Å². The number of esters is 3. The van der Waals surface area contributed by atoms with Gasteiger partial charge in [-0.3, -0.25) is 14.4 Å². The number of unbranched alkanes of at least 4 members (excludes halogenated alkanes) is 37. The summed E-state index contributed by atoms with van der Waals surface area (Å²) in [7, 11) is 0. The van der Waals surface area contributed by atoms with Gasteiger partial charge in [-0.1, -0.05) is 343 Å². The first-order chi connectivity index (χ1) is 40.5. The first-order valence-electron chi connectivity index (χ1n) is 35.2. The quantitative estimate of drug-likeness (QED) is 0.0261. The maximum Gasteiger partial charge on any atom is 0.306 e. The summed E-state index contributed by atoms with van der Waals surface area (Å²) < 4.78 is 16.9. The minimum absolute atomic E-state index is 0.110. The molecular weight excluding hydrogens is 1010 g/mol. The Balaban J connectivity index is 4.27. The lowest BCUT2D eigenvalue weighted by molar-refractivity contribution is -0.166. The molecule has 0 fully saturated rings. The molecule has 0 aromatic carbocycles. The Bertz CT molecular complexity index is 1590. The third-order valence-electron chi connectivity index (χ3n) is 15.3. The Hall–Kier alpha value is -3.67. The van der Waals surface area contributed by atoms with Crippen LogP contribution in [-0.2, 0) is 28.6 Å². The summed E-state index contributed by atoms with van der Waals surface area (Å²) >= 11 is 0. The zero-order chi connectivity index (χ0) is 59.2. The van der Waals surface area contributed by atoms with Gasteiger partial charge < -0.3 is 14.2 Å². The SMILES string of the molecule is CC/C=C\C/C=C\C/C=C\C/C=C\C/C=C\C/C=C\CCC(=O)OC(COC(=O)CCCCCCC/C=C\C/C=C\CCCC)COC(=O)CCCCCCCCCCCCCCCCCCCCCCCCCCCCCCCCC. The van der Waals surface area contributed by atoms with E-state index in [1.54, 1.807) is 0 Å². The molecule has 0 saturated heterocycles. The zero-order valence-electron chi connectivity index (χ0n) is 54.2. The Morgan fingerprint density at radius 2 is 0.512 bits per heavy atom. The van der Waals surface area contributed by atoms with E-state index in [0.717, 1.165) is 103 Å². The topological polar surface area (TPSA) is 78.9 Å². The van der Waals surface area contributed by atoms with Crippen LogP contribution in [0.2, 0.25) is 0 Å². The minimum atomic E-state index is -0.825. The van der Waals surface area contributed by atoms with E-state index in [4.69, 9.17) is 14.2 Å². The van der Waals surface area contributed by atoms with Gasteiger partial charge in [-0.2, -0.15) is 0 Å². The van der Waals surface area contributed by atoms with Gasteiger partial charge in [0.2, 0.25) is 0 Å². The molecule has 0 aliphatic heterocycles. The molecule has 1 atom stereocenters.